The van der Waals surface area contributed by atoms with Gasteiger partial charge in [-0.1, -0.05) is 0 Å². The van der Waals surface area contributed by atoms with Gasteiger partial charge in [0.1, 0.15) is 0 Å². The van der Waals surface area contributed by atoms with Gasteiger partial charge in [0.05, 0.1) is 0 Å². The molecule has 0 aliphatic rings. The van der Waals surface area contributed by atoms with Gasteiger partial charge in [0, 0.05) is 6.04 Å². The van der Waals surface area contributed by atoms with Crippen LogP contribution in [0, 0.1) is 0 Å². The van der Waals surface area contributed by atoms with E-state index in [-0.39, 0.29) is 11.8 Å². The topological polar surface area (TPSA) is 88.3 Å². The lowest BCUT2D eigenvalue weighted by molar-refractivity contribution is -0.153. The van der Waals surface area contributed by atoms with Crippen LogP contribution < -0.4 is 0 Å². The molecule has 104 valence electrons. The summed E-state index contributed by atoms with van der Waals surface area (Å²) in [4.78, 5) is 30.4. The largest absolute Gasteiger partial charge is 0.468 e. The van der Waals surface area contributed by atoms with Crippen molar-refractivity contribution in [2.75, 3.05) is 5.75 Å². The molecule has 0 bridgehead atoms. The molecule has 19 heavy (non-hydrogen) atoms. The number of carbonyl (C=O) groups excluding carboxylic acids is 3. The van der Waals surface area contributed by atoms with Crippen LogP contribution in [0.5, 0.6) is 0 Å². The predicted molar refractivity (Wildman–Crippen MR) is 58.3 cm³/mol. The van der Waals surface area contributed by atoms with E-state index >= 15 is 0 Å². The Balaban J connectivity index is 4.82. The van der Waals surface area contributed by atoms with Crippen molar-refractivity contribution in [2.24, 2.45) is 14.0 Å². The summed E-state index contributed by atoms with van der Waals surface area (Å²) in [5.74, 6) is -0.506. The van der Waals surface area contributed by atoms with Crippen molar-refractivity contribution in [3.05, 3.63) is 0 Å². The van der Waals surface area contributed by atoms with E-state index in [9.17, 15) is 31.9 Å². The molecule has 6 nitrogen and oxygen atoms in total. The minimum Gasteiger partial charge on any atom is -0.225 e. The maximum Gasteiger partial charge on any atom is 0.468 e. The van der Waals surface area contributed by atoms with Gasteiger partial charge in [0.25, 0.3) is 0 Å². The summed E-state index contributed by atoms with van der Waals surface area (Å²) in [6.07, 6.45) is -2.00. The second kappa shape index (κ2) is 7.77. The Morgan fingerprint density at radius 2 is 1.47 bits per heavy atom. The molecule has 0 aliphatic carbocycles. The number of thioether (sulfide) groups is 1. The van der Waals surface area contributed by atoms with Crippen molar-refractivity contribution in [3.63, 3.8) is 0 Å². The number of isocyanates is 3. The summed E-state index contributed by atoms with van der Waals surface area (Å²) in [6.45, 7) is 0. The van der Waals surface area contributed by atoms with Gasteiger partial charge in [-0.15, -0.1) is 11.8 Å². The summed E-state index contributed by atoms with van der Waals surface area (Å²) in [5, 5.41) is 0. The summed E-state index contributed by atoms with van der Waals surface area (Å²) >= 11 is -0.139. The van der Waals surface area contributed by atoms with Crippen LogP contribution in [0.15, 0.2) is 14.0 Å². The third kappa shape index (κ3) is 6.23. The minimum atomic E-state index is -5.04. The molecule has 0 N–H and O–H groups in total. The monoisotopic (exact) mass is 315 g/mol. The molecular weight excluding hydrogens is 310 g/mol. The molecule has 0 aromatic carbocycles. The summed E-state index contributed by atoms with van der Waals surface area (Å²) in [6, 6.07) is -0.464. The van der Waals surface area contributed by atoms with Crippen molar-refractivity contribution >= 4 is 38.6 Å². The zero-order valence-corrected chi connectivity index (χ0v) is 10.8. The van der Waals surface area contributed by atoms with Crippen LogP contribution in [0.2, 0.25) is 6.04 Å². The van der Waals surface area contributed by atoms with E-state index in [0.29, 0.717) is 0 Å². The molecule has 0 aromatic heterocycles. The lowest BCUT2D eigenvalue weighted by Gasteiger charge is -2.14. The van der Waals surface area contributed by atoms with Gasteiger partial charge in [-0.3, -0.25) is 0 Å². The highest BCUT2D eigenvalue weighted by atomic mass is 32.2. The second-order valence-electron chi connectivity index (χ2n) is 2.86. The average Bonchev–Trinajstić information content (AvgIpc) is 2.28. The van der Waals surface area contributed by atoms with Crippen LogP contribution in [0.25, 0.3) is 0 Å². The first-order chi connectivity index (χ1) is 8.81. The van der Waals surface area contributed by atoms with E-state index in [0.717, 1.165) is 18.2 Å². The van der Waals surface area contributed by atoms with Crippen LogP contribution in [0.4, 0.5) is 17.6 Å². The molecule has 0 spiro atoms. The first-order valence-electron chi connectivity index (χ1n) is 4.41. The minimum absolute atomic E-state index is 0.139. The number of nitrogens with zero attached hydrogens (tertiary/aromatic N) is 3. The Morgan fingerprint density at radius 1 is 1.05 bits per heavy atom. The molecule has 12 heteroatoms. The van der Waals surface area contributed by atoms with Crippen molar-refractivity contribution in [1.29, 1.82) is 0 Å². The third-order valence-corrected chi connectivity index (χ3v) is 5.26. The highest BCUT2D eigenvalue weighted by Crippen LogP contribution is 2.32. The number of alkyl halides is 4. The lowest BCUT2D eigenvalue weighted by atomic mass is 10.7. The van der Waals surface area contributed by atoms with Gasteiger partial charge in [0.15, 0.2) is 0 Å². The summed E-state index contributed by atoms with van der Waals surface area (Å²) < 4.78 is 57.3. The Hall–Kier alpha value is -1.57. The van der Waals surface area contributed by atoms with E-state index in [1.54, 1.807) is 0 Å². The number of halogens is 4. The predicted octanol–water partition coefficient (Wildman–Crippen LogP) is 1.52. The quantitative estimate of drug-likeness (QED) is 0.308. The molecule has 0 fully saturated rings. The smallest absolute Gasteiger partial charge is 0.225 e. The molecule has 0 aromatic rings. The van der Waals surface area contributed by atoms with E-state index in [1.165, 1.54) is 0 Å². The number of rotatable bonds is 7. The van der Waals surface area contributed by atoms with Crippen molar-refractivity contribution in [2.45, 2.75) is 17.7 Å². The van der Waals surface area contributed by atoms with Crippen LogP contribution in [-0.2, 0) is 14.4 Å². The van der Waals surface area contributed by atoms with Gasteiger partial charge < -0.3 is 0 Å². The standard InChI is InChI=1S/C7H5F4N3O3SSi/c8-6(7(9,10)11)18-1-2-19(12-3-15,13-4-16)14-5-17/h6H,1-2H2. The fourth-order valence-corrected chi connectivity index (χ4v) is 3.74. The Bertz CT molecular complexity index is 409. The molecule has 0 rings (SSSR count). The number of hydrogen-bond acceptors (Lipinski definition) is 7. The van der Waals surface area contributed by atoms with Gasteiger partial charge in [-0.25, -0.2) is 18.8 Å². The molecule has 0 heterocycles. The van der Waals surface area contributed by atoms with Crippen molar-refractivity contribution < 1.29 is 31.9 Å². The van der Waals surface area contributed by atoms with Gasteiger partial charge in [-0.05, 0) is 5.75 Å². The average molecular weight is 315 g/mol. The zero-order valence-electron chi connectivity index (χ0n) is 8.98. The first-order valence-corrected chi connectivity index (χ1v) is 7.50. The van der Waals surface area contributed by atoms with Crippen molar-refractivity contribution in [3.8, 4) is 0 Å². The maximum absolute atomic E-state index is 12.6. The van der Waals surface area contributed by atoms with E-state index in [1.807, 2.05) is 0 Å². The second-order valence-corrected chi connectivity index (χ2v) is 6.74. The molecule has 0 saturated heterocycles. The van der Waals surface area contributed by atoms with E-state index in [4.69, 9.17) is 0 Å². The molecule has 0 saturated carbocycles. The Kier molecular flexibility index (Phi) is 7.13. The normalized spacial score (nSPS) is 15.2. The van der Waals surface area contributed by atoms with Gasteiger partial charge in [0.2, 0.25) is 23.7 Å². The van der Waals surface area contributed by atoms with Crippen LogP contribution in [0.3, 0.4) is 0 Å². The zero-order chi connectivity index (χ0) is 14.9. The fraction of sp³-hybridized carbons (Fsp3) is 0.571. The molecule has 0 radical (unpaired) electrons. The summed E-state index contributed by atoms with van der Waals surface area (Å²) in [7, 11) is -3.87. The molecule has 1 unspecified atom stereocenters. The maximum atomic E-state index is 12.6. The lowest BCUT2D eigenvalue weighted by Crippen LogP contribution is -2.29. The molecule has 0 aliphatic heterocycles. The highest BCUT2D eigenvalue weighted by molar-refractivity contribution is 7.99. The highest BCUT2D eigenvalue weighted by Gasteiger charge is 2.42. The Labute approximate surface area is 109 Å². The van der Waals surface area contributed by atoms with Gasteiger partial charge >= 0.3 is 14.7 Å². The van der Waals surface area contributed by atoms with E-state index in [2.05, 4.69) is 14.0 Å². The van der Waals surface area contributed by atoms with Crippen LogP contribution >= 0.6 is 11.8 Å². The SMILES string of the molecule is O=C=N[Si](CCSC(F)C(F)(F)F)(N=C=O)N=C=O. The summed E-state index contributed by atoms with van der Waals surface area (Å²) in [5.41, 5.74) is -3.14. The van der Waals surface area contributed by atoms with Crippen molar-refractivity contribution in [1.82, 2.24) is 0 Å². The molecule has 1 atom stereocenters. The van der Waals surface area contributed by atoms with E-state index < -0.39 is 32.0 Å². The van der Waals surface area contributed by atoms with Crippen LogP contribution in [-0.4, -0.2) is 44.2 Å². The number of hydrogen-bond donors (Lipinski definition) is 0. The Morgan fingerprint density at radius 3 is 1.79 bits per heavy atom. The molecule has 0 amide bonds. The third-order valence-electron chi connectivity index (χ3n) is 1.63. The fourth-order valence-electron chi connectivity index (χ4n) is 0.856. The van der Waals surface area contributed by atoms with Gasteiger partial charge in [-0.2, -0.15) is 27.1 Å². The first kappa shape index (κ1) is 17.4. The van der Waals surface area contributed by atoms with Crippen LogP contribution in [0.1, 0.15) is 0 Å². The molecular formula is C7H5F4N3O3SSi.